The molecule has 0 aromatic carbocycles. The lowest BCUT2D eigenvalue weighted by Crippen LogP contribution is -2.34. The summed E-state index contributed by atoms with van der Waals surface area (Å²) in [6.07, 6.45) is 3.66. The van der Waals surface area contributed by atoms with Gasteiger partial charge in [-0.1, -0.05) is 11.6 Å². The van der Waals surface area contributed by atoms with Gasteiger partial charge in [0.1, 0.15) is 0 Å². The number of rotatable bonds is 5. The Balaban J connectivity index is 1.52. The number of thiazole rings is 1. The van der Waals surface area contributed by atoms with Gasteiger partial charge in [0.25, 0.3) is 5.91 Å². The van der Waals surface area contributed by atoms with Crippen molar-refractivity contribution in [3.05, 3.63) is 22.4 Å². The molecule has 9 heteroatoms. The monoisotopic (exact) mass is 343 g/mol. The zero-order chi connectivity index (χ0) is 15.5. The summed E-state index contributed by atoms with van der Waals surface area (Å²) in [5.74, 6) is -1.05. The van der Waals surface area contributed by atoms with Gasteiger partial charge in [0.05, 0.1) is 6.10 Å². The van der Waals surface area contributed by atoms with Crippen LogP contribution in [0.2, 0.25) is 5.15 Å². The van der Waals surface area contributed by atoms with Crippen molar-refractivity contribution in [2.75, 3.05) is 19.8 Å². The molecule has 0 saturated carbocycles. The highest BCUT2D eigenvalue weighted by molar-refractivity contribution is 7.15. The molecule has 1 amide bonds. The number of esters is 1. The van der Waals surface area contributed by atoms with E-state index in [0.717, 1.165) is 19.4 Å². The number of nitrogens with zero attached hydrogens (tertiary/aromatic N) is 2. The summed E-state index contributed by atoms with van der Waals surface area (Å²) in [5, 5.41) is 4.53. The van der Waals surface area contributed by atoms with E-state index in [1.54, 1.807) is 16.0 Å². The van der Waals surface area contributed by atoms with Gasteiger partial charge in [-0.3, -0.25) is 9.20 Å². The quantitative estimate of drug-likeness (QED) is 0.832. The molecule has 1 atom stereocenters. The third-order valence-corrected chi connectivity index (χ3v) is 4.32. The maximum absolute atomic E-state index is 12.0. The number of fused-ring (bicyclic) bond motifs is 1. The van der Waals surface area contributed by atoms with Crippen LogP contribution in [0, 0.1) is 0 Å². The number of carbonyl (C=O) groups excluding carboxylic acids is 2. The fourth-order valence-electron chi connectivity index (χ4n) is 2.23. The second-order valence-electron chi connectivity index (χ2n) is 4.82. The van der Waals surface area contributed by atoms with Gasteiger partial charge in [-0.2, -0.15) is 0 Å². The van der Waals surface area contributed by atoms with Crippen molar-refractivity contribution >= 4 is 39.8 Å². The minimum absolute atomic E-state index is 0.0503. The molecule has 0 unspecified atom stereocenters. The van der Waals surface area contributed by atoms with Gasteiger partial charge in [-0.25, -0.2) is 9.78 Å². The minimum atomic E-state index is -0.678. The topological polar surface area (TPSA) is 81.9 Å². The molecule has 1 aliphatic rings. The number of imidazole rings is 1. The molecule has 0 aliphatic carbocycles. The third-order valence-electron chi connectivity index (χ3n) is 3.30. The Morgan fingerprint density at radius 1 is 1.59 bits per heavy atom. The first-order chi connectivity index (χ1) is 10.6. The molecule has 2 aromatic rings. The van der Waals surface area contributed by atoms with Crippen LogP contribution in [0.3, 0.4) is 0 Å². The summed E-state index contributed by atoms with van der Waals surface area (Å²) in [6, 6.07) is 0. The number of hydrogen-bond acceptors (Lipinski definition) is 6. The van der Waals surface area contributed by atoms with E-state index in [9.17, 15) is 9.59 Å². The number of ether oxygens (including phenoxy) is 2. The van der Waals surface area contributed by atoms with Gasteiger partial charge < -0.3 is 14.8 Å². The Morgan fingerprint density at radius 3 is 3.23 bits per heavy atom. The van der Waals surface area contributed by atoms with Crippen LogP contribution in [0.5, 0.6) is 0 Å². The first kappa shape index (κ1) is 15.3. The summed E-state index contributed by atoms with van der Waals surface area (Å²) >= 11 is 7.28. The average molecular weight is 344 g/mol. The number of halogens is 1. The van der Waals surface area contributed by atoms with E-state index >= 15 is 0 Å². The van der Waals surface area contributed by atoms with E-state index in [1.807, 2.05) is 0 Å². The number of aromatic nitrogens is 2. The molecule has 7 nitrogen and oxygen atoms in total. The van der Waals surface area contributed by atoms with Crippen LogP contribution < -0.4 is 5.32 Å². The lowest BCUT2D eigenvalue weighted by Gasteiger charge is -2.10. The first-order valence-corrected chi connectivity index (χ1v) is 8.07. The van der Waals surface area contributed by atoms with Gasteiger partial charge >= 0.3 is 5.97 Å². The maximum Gasteiger partial charge on any atom is 0.359 e. The SMILES string of the molecule is O=C(COC(=O)c1c(Cl)nc2sccn12)NC[C@H]1CCCO1. The van der Waals surface area contributed by atoms with Crippen LogP contribution in [-0.4, -0.2) is 47.1 Å². The molecule has 3 heterocycles. The van der Waals surface area contributed by atoms with Crippen molar-refractivity contribution < 1.29 is 19.1 Å². The van der Waals surface area contributed by atoms with E-state index in [0.29, 0.717) is 11.5 Å². The number of hydrogen-bond donors (Lipinski definition) is 1. The Bertz CT molecular complexity index is 693. The normalized spacial score (nSPS) is 17.8. The smallest absolute Gasteiger partial charge is 0.359 e. The van der Waals surface area contributed by atoms with Crippen molar-refractivity contribution in [2.24, 2.45) is 0 Å². The van der Waals surface area contributed by atoms with Crippen LogP contribution in [0.15, 0.2) is 11.6 Å². The van der Waals surface area contributed by atoms with E-state index < -0.39 is 5.97 Å². The summed E-state index contributed by atoms with van der Waals surface area (Å²) in [5.41, 5.74) is 0.129. The number of nitrogens with one attached hydrogen (secondary N) is 1. The van der Waals surface area contributed by atoms with E-state index in [1.165, 1.54) is 11.3 Å². The second kappa shape index (κ2) is 6.64. The van der Waals surface area contributed by atoms with Crippen molar-refractivity contribution in [3.8, 4) is 0 Å². The molecule has 22 heavy (non-hydrogen) atoms. The molecule has 1 fully saturated rings. The highest BCUT2D eigenvalue weighted by Crippen LogP contribution is 2.21. The molecule has 1 saturated heterocycles. The van der Waals surface area contributed by atoms with Gasteiger partial charge in [-0.15, -0.1) is 11.3 Å². The predicted octanol–water partition coefficient (Wildman–Crippen LogP) is 1.50. The lowest BCUT2D eigenvalue weighted by atomic mass is 10.2. The summed E-state index contributed by atoms with van der Waals surface area (Å²) in [6.45, 7) is 0.795. The van der Waals surface area contributed by atoms with Gasteiger partial charge in [0, 0.05) is 24.7 Å². The summed E-state index contributed by atoms with van der Waals surface area (Å²) < 4.78 is 11.9. The molecule has 0 spiro atoms. The highest BCUT2D eigenvalue weighted by atomic mass is 35.5. The molecule has 0 bridgehead atoms. The van der Waals surface area contributed by atoms with Crippen LogP contribution in [0.4, 0.5) is 0 Å². The van der Waals surface area contributed by atoms with Crippen LogP contribution in [-0.2, 0) is 14.3 Å². The Hall–Kier alpha value is -1.64. The zero-order valence-electron chi connectivity index (χ0n) is 11.6. The molecule has 2 aromatic heterocycles. The second-order valence-corrected chi connectivity index (χ2v) is 6.05. The summed E-state index contributed by atoms with van der Waals surface area (Å²) in [7, 11) is 0. The van der Waals surface area contributed by atoms with E-state index in [2.05, 4.69) is 10.3 Å². The predicted molar refractivity (Wildman–Crippen MR) is 80.3 cm³/mol. The zero-order valence-corrected chi connectivity index (χ0v) is 13.2. The molecule has 3 rings (SSSR count). The fourth-order valence-corrected chi connectivity index (χ4v) is 3.24. The standard InChI is InChI=1S/C13H14ClN3O4S/c14-11-10(17-3-5-22-13(17)16-11)12(19)21-7-9(18)15-6-8-2-1-4-20-8/h3,5,8H,1-2,4,6-7H2,(H,15,18)/t8-/m1/s1. The largest absolute Gasteiger partial charge is 0.451 e. The Morgan fingerprint density at radius 2 is 2.45 bits per heavy atom. The average Bonchev–Trinajstić information content (AvgIpc) is 3.19. The fraction of sp³-hybridized carbons (Fsp3) is 0.462. The van der Waals surface area contributed by atoms with Gasteiger partial charge in [0.2, 0.25) is 0 Å². The van der Waals surface area contributed by atoms with E-state index in [-0.39, 0.29) is 29.5 Å². The van der Waals surface area contributed by atoms with Gasteiger partial charge in [0.15, 0.2) is 22.4 Å². The number of amides is 1. The third kappa shape index (κ3) is 3.23. The molecular formula is C13H14ClN3O4S. The summed E-state index contributed by atoms with van der Waals surface area (Å²) in [4.78, 5) is 28.3. The lowest BCUT2D eigenvalue weighted by molar-refractivity contribution is -0.124. The maximum atomic E-state index is 12.0. The Kier molecular flexibility index (Phi) is 4.60. The highest BCUT2D eigenvalue weighted by Gasteiger charge is 2.21. The van der Waals surface area contributed by atoms with Crippen LogP contribution >= 0.6 is 22.9 Å². The molecular weight excluding hydrogens is 330 g/mol. The number of carbonyl (C=O) groups is 2. The van der Waals surface area contributed by atoms with Gasteiger partial charge in [-0.05, 0) is 12.8 Å². The molecule has 1 N–H and O–H groups in total. The van der Waals surface area contributed by atoms with Crippen molar-refractivity contribution in [2.45, 2.75) is 18.9 Å². The Labute approximate surface area is 135 Å². The van der Waals surface area contributed by atoms with Crippen molar-refractivity contribution in [3.63, 3.8) is 0 Å². The first-order valence-electron chi connectivity index (χ1n) is 6.81. The van der Waals surface area contributed by atoms with Crippen molar-refractivity contribution in [1.82, 2.24) is 14.7 Å². The molecule has 1 aliphatic heterocycles. The minimum Gasteiger partial charge on any atom is -0.451 e. The molecule has 118 valence electrons. The molecule has 0 radical (unpaired) electrons. The van der Waals surface area contributed by atoms with Crippen LogP contribution in [0.25, 0.3) is 4.96 Å². The van der Waals surface area contributed by atoms with Crippen molar-refractivity contribution in [1.29, 1.82) is 0 Å². The van der Waals surface area contributed by atoms with Crippen LogP contribution in [0.1, 0.15) is 23.3 Å². The van der Waals surface area contributed by atoms with E-state index in [4.69, 9.17) is 21.1 Å².